The first kappa shape index (κ1) is 14.6. The third-order valence-electron chi connectivity index (χ3n) is 2.86. The van der Waals surface area contributed by atoms with E-state index in [0.29, 0.717) is 5.02 Å². The van der Waals surface area contributed by atoms with Crippen LogP contribution >= 0.6 is 27.5 Å². The van der Waals surface area contributed by atoms with E-state index in [0.717, 1.165) is 34.6 Å². The summed E-state index contributed by atoms with van der Waals surface area (Å²) in [5.41, 5.74) is 1.02. The summed E-state index contributed by atoms with van der Waals surface area (Å²) in [6.07, 6.45) is 2.39. The number of hydrogen-bond donors (Lipinski definition) is 1. The average molecular weight is 343 g/mol. The smallest absolute Gasteiger partial charge is 0.135 e. The van der Waals surface area contributed by atoms with Crippen molar-refractivity contribution in [3.8, 4) is 11.3 Å². The van der Waals surface area contributed by atoms with E-state index >= 15 is 0 Å². The molecular weight excluding hydrogens is 326 g/mol. The number of benzene rings is 1. The molecule has 1 N–H and O–H groups in total. The number of nitrogens with one attached hydrogen (secondary N) is 1. The van der Waals surface area contributed by atoms with Crippen molar-refractivity contribution in [2.45, 2.75) is 26.3 Å². The average Bonchev–Trinajstić information content (AvgIpc) is 2.83. The third kappa shape index (κ3) is 4.10. The molecular formula is C15H17BrClNO. The van der Waals surface area contributed by atoms with Crippen LogP contribution < -0.4 is 5.32 Å². The molecule has 0 radical (unpaired) electrons. The van der Waals surface area contributed by atoms with Crippen LogP contribution in [-0.4, -0.2) is 6.54 Å². The van der Waals surface area contributed by atoms with Crippen molar-refractivity contribution in [2.75, 3.05) is 6.54 Å². The minimum atomic E-state index is 0.712. The van der Waals surface area contributed by atoms with E-state index < -0.39 is 0 Å². The highest BCUT2D eigenvalue weighted by Crippen LogP contribution is 2.31. The summed E-state index contributed by atoms with van der Waals surface area (Å²) in [6.45, 7) is 3.98. The summed E-state index contributed by atoms with van der Waals surface area (Å²) in [6, 6.07) is 9.70. The first-order chi connectivity index (χ1) is 9.20. The lowest BCUT2D eigenvalue weighted by Crippen LogP contribution is -2.13. The molecule has 1 aromatic heterocycles. The molecule has 0 atom stereocenters. The molecule has 19 heavy (non-hydrogen) atoms. The Morgan fingerprint density at radius 2 is 2.11 bits per heavy atom. The molecule has 1 aromatic carbocycles. The third-order valence-corrected chi connectivity index (χ3v) is 3.76. The van der Waals surface area contributed by atoms with Gasteiger partial charge < -0.3 is 9.73 Å². The van der Waals surface area contributed by atoms with Gasteiger partial charge in [0, 0.05) is 15.1 Å². The molecule has 0 bridgehead atoms. The molecule has 102 valence electrons. The SMILES string of the molecule is CCCCNCc1ccc(-c2ccc(Cl)cc2Br)o1. The van der Waals surface area contributed by atoms with Crippen molar-refractivity contribution >= 4 is 27.5 Å². The number of unbranched alkanes of at least 4 members (excludes halogenated alkanes) is 1. The largest absolute Gasteiger partial charge is 0.460 e. The fourth-order valence-corrected chi connectivity index (χ4v) is 2.70. The molecule has 0 aliphatic carbocycles. The zero-order valence-electron chi connectivity index (χ0n) is 10.9. The standard InChI is InChI=1S/C15H17BrClNO/c1-2-3-8-18-10-12-5-7-15(19-12)13-6-4-11(17)9-14(13)16/h4-7,9,18H,2-3,8,10H2,1H3. The summed E-state index contributed by atoms with van der Waals surface area (Å²) in [4.78, 5) is 0. The predicted molar refractivity (Wildman–Crippen MR) is 83.5 cm³/mol. The van der Waals surface area contributed by atoms with Gasteiger partial charge in [-0.05, 0) is 59.2 Å². The highest BCUT2D eigenvalue weighted by Gasteiger charge is 2.08. The minimum absolute atomic E-state index is 0.712. The van der Waals surface area contributed by atoms with E-state index in [1.165, 1.54) is 12.8 Å². The number of halogens is 2. The molecule has 0 saturated carbocycles. The van der Waals surface area contributed by atoms with Gasteiger partial charge in [0.2, 0.25) is 0 Å². The Labute approximate surface area is 127 Å². The second-order valence-electron chi connectivity index (χ2n) is 4.42. The van der Waals surface area contributed by atoms with E-state index in [4.69, 9.17) is 16.0 Å². The van der Waals surface area contributed by atoms with Crippen LogP contribution in [0.5, 0.6) is 0 Å². The summed E-state index contributed by atoms with van der Waals surface area (Å²) < 4.78 is 6.78. The van der Waals surface area contributed by atoms with E-state index in [1.54, 1.807) is 0 Å². The molecule has 0 aliphatic rings. The fourth-order valence-electron chi connectivity index (χ4n) is 1.82. The van der Waals surface area contributed by atoms with E-state index in [1.807, 2.05) is 30.3 Å². The van der Waals surface area contributed by atoms with Gasteiger partial charge in [-0.1, -0.05) is 24.9 Å². The molecule has 2 aromatic rings. The van der Waals surface area contributed by atoms with Crippen LogP contribution in [0.2, 0.25) is 5.02 Å². The molecule has 0 saturated heterocycles. The molecule has 2 rings (SSSR count). The van der Waals surface area contributed by atoms with Gasteiger partial charge in [0.05, 0.1) is 6.54 Å². The first-order valence-electron chi connectivity index (χ1n) is 6.45. The number of hydrogen-bond acceptors (Lipinski definition) is 2. The van der Waals surface area contributed by atoms with Gasteiger partial charge >= 0.3 is 0 Å². The van der Waals surface area contributed by atoms with Crippen molar-refractivity contribution < 1.29 is 4.42 Å². The topological polar surface area (TPSA) is 25.2 Å². The summed E-state index contributed by atoms with van der Waals surface area (Å²) in [5, 5.41) is 4.08. The van der Waals surface area contributed by atoms with Gasteiger partial charge in [0.25, 0.3) is 0 Å². The molecule has 0 amide bonds. The lowest BCUT2D eigenvalue weighted by atomic mass is 10.2. The lowest BCUT2D eigenvalue weighted by molar-refractivity contribution is 0.490. The monoisotopic (exact) mass is 341 g/mol. The van der Waals surface area contributed by atoms with E-state index in [9.17, 15) is 0 Å². The molecule has 1 heterocycles. The molecule has 0 aliphatic heterocycles. The van der Waals surface area contributed by atoms with Crippen molar-refractivity contribution in [3.05, 3.63) is 45.6 Å². The van der Waals surface area contributed by atoms with Gasteiger partial charge in [0.15, 0.2) is 0 Å². The second kappa shape index (κ2) is 7.13. The predicted octanol–water partition coefficient (Wildman–Crippen LogP) is 5.25. The van der Waals surface area contributed by atoms with Gasteiger partial charge in [-0.25, -0.2) is 0 Å². The van der Waals surface area contributed by atoms with Gasteiger partial charge in [-0.2, -0.15) is 0 Å². The zero-order valence-corrected chi connectivity index (χ0v) is 13.2. The molecule has 0 fully saturated rings. The summed E-state index contributed by atoms with van der Waals surface area (Å²) >= 11 is 9.44. The quantitative estimate of drug-likeness (QED) is 0.725. The van der Waals surface area contributed by atoms with Gasteiger partial charge in [0.1, 0.15) is 11.5 Å². The maximum atomic E-state index is 5.94. The van der Waals surface area contributed by atoms with Crippen LogP contribution in [0, 0.1) is 0 Å². The molecule has 4 heteroatoms. The number of furan rings is 1. The molecule has 0 unspecified atom stereocenters. The van der Waals surface area contributed by atoms with Crippen molar-refractivity contribution in [1.29, 1.82) is 0 Å². The van der Waals surface area contributed by atoms with Crippen molar-refractivity contribution in [1.82, 2.24) is 5.32 Å². The highest BCUT2D eigenvalue weighted by atomic mass is 79.9. The summed E-state index contributed by atoms with van der Waals surface area (Å²) in [7, 11) is 0. The van der Waals surface area contributed by atoms with E-state index in [2.05, 4.69) is 28.2 Å². The van der Waals surface area contributed by atoms with Gasteiger partial charge in [-0.3, -0.25) is 0 Å². The van der Waals surface area contributed by atoms with Crippen LogP contribution in [0.4, 0.5) is 0 Å². The Morgan fingerprint density at radius 1 is 1.26 bits per heavy atom. The van der Waals surface area contributed by atoms with Crippen molar-refractivity contribution in [3.63, 3.8) is 0 Å². The van der Waals surface area contributed by atoms with Gasteiger partial charge in [-0.15, -0.1) is 0 Å². The maximum Gasteiger partial charge on any atom is 0.135 e. The Morgan fingerprint density at radius 3 is 2.84 bits per heavy atom. The lowest BCUT2D eigenvalue weighted by Gasteiger charge is -2.03. The Hall–Kier alpha value is -0.770. The molecule has 2 nitrogen and oxygen atoms in total. The maximum absolute atomic E-state index is 5.94. The van der Waals surface area contributed by atoms with Crippen LogP contribution in [0.15, 0.2) is 39.2 Å². The molecule has 0 spiro atoms. The Bertz CT molecular complexity index is 539. The van der Waals surface area contributed by atoms with Crippen LogP contribution in [0.3, 0.4) is 0 Å². The zero-order chi connectivity index (χ0) is 13.7. The van der Waals surface area contributed by atoms with Crippen LogP contribution in [-0.2, 0) is 6.54 Å². The first-order valence-corrected chi connectivity index (χ1v) is 7.62. The summed E-state index contributed by atoms with van der Waals surface area (Å²) in [5.74, 6) is 1.81. The van der Waals surface area contributed by atoms with Crippen LogP contribution in [0.1, 0.15) is 25.5 Å². The Kier molecular flexibility index (Phi) is 5.49. The van der Waals surface area contributed by atoms with Crippen LogP contribution in [0.25, 0.3) is 11.3 Å². The normalized spacial score (nSPS) is 10.9. The second-order valence-corrected chi connectivity index (χ2v) is 5.71. The van der Waals surface area contributed by atoms with E-state index in [-0.39, 0.29) is 0 Å². The Balaban J connectivity index is 2.04. The minimum Gasteiger partial charge on any atom is -0.460 e. The fraction of sp³-hybridized carbons (Fsp3) is 0.333. The number of rotatable bonds is 6. The van der Waals surface area contributed by atoms with Crippen molar-refractivity contribution in [2.24, 2.45) is 0 Å². The highest BCUT2D eigenvalue weighted by molar-refractivity contribution is 9.10.